The van der Waals surface area contributed by atoms with Gasteiger partial charge in [0.2, 0.25) is 0 Å². The molecule has 1 saturated heterocycles. The third kappa shape index (κ3) is 9.61. The van der Waals surface area contributed by atoms with Crippen LogP contribution in [0.3, 0.4) is 0 Å². The zero-order chi connectivity index (χ0) is 34.4. The number of carbonyl (C=O) groups is 1. The zero-order valence-electron chi connectivity index (χ0n) is 25.0. The lowest BCUT2D eigenvalue weighted by molar-refractivity contribution is -0.324. The highest BCUT2D eigenvalue weighted by Gasteiger charge is 2.36. The van der Waals surface area contributed by atoms with Gasteiger partial charge in [-0.3, -0.25) is 9.53 Å². The van der Waals surface area contributed by atoms with Crippen LogP contribution in [0, 0.1) is 11.3 Å². The number of nitrogens with one attached hydrogen (secondary N) is 1. The fraction of sp³-hybridized carbons (Fsp3) is 0.375. The predicted octanol–water partition coefficient (Wildman–Crippen LogP) is 6.84. The number of hydrogen-bond acceptors (Lipinski definition) is 7. The third-order valence-electron chi connectivity index (χ3n) is 7.66. The Hall–Kier alpha value is -4.29. The van der Waals surface area contributed by atoms with E-state index in [2.05, 4.69) is 10.1 Å². The van der Waals surface area contributed by atoms with Gasteiger partial charge in [-0.05, 0) is 72.6 Å². The summed E-state index contributed by atoms with van der Waals surface area (Å²) >= 11 is 0. The Labute approximate surface area is 267 Å². The summed E-state index contributed by atoms with van der Waals surface area (Å²) in [5.74, 6) is -0.412. The van der Waals surface area contributed by atoms with Crippen molar-refractivity contribution in [1.82, 2.24) is 5.32 Å². The van der Waals surface area contributed by atoms with E-state index in [1.807, 2.05) is 6.07 Å². The molecule has 1 fully saturated rings. The molecule has 1 heterocycles. The first kappa shape index (κ1) is 35.6. The number of hydrogen-bond donors (Lipinski definition) is 1. The van der Waals surface area contributed by atoms with Crippen molar-refractivity contribution in [2.75, 3.05) is 23.8 Å². The Morgan fingerprint density at radius 3 is 2.19 bits per heavy atom. The predicted molar refractivity (Wildman–Crippen MR) is 159 cm³/mol. The lowest BCUT2D eigenvalue weighted by atomic mass is 10.0. The molecule has 0 bridgehead atoms. The standard InChI is InChI=1S/C32H31F6N3O5S/c1-2-47(43,44)28-13-5-21(6-14-28)29(15-17-39)40-30(42)22-3-9-24(10-4-22)41-20-27(19-25(41)16-18-45-32(36,37)38)46-26-11-7-23(8-12-26)31(33,34)35/h3-14,25,27,29H,2,15-16,18-20H2,1H3,(H,40,42)/t25-,27+,29+/m1/s1. The fourth-order valence-electron chi connectivity index (χ4n) is 5.24. The fourth-order valence-corrected chi connectivity index (χ4v) is 6.12. The van der Waals surface area contributed by atoms with Crippen LogP contribution < -0.4 is 15.0 Å². The van der Waals surface area contributed by atoms with E-state index in [0.717, 1.165) is 12.1 Å². The molecule has 4 rings (SSSR count). The van der Waals surface area contributed by atoms with Gasteiger partial charge in [0, 0.05) is 23.7 Å². The van der Waals surface area contributed by atoms with Crippen LogP contribution in [0.4, 0.5) is 32.0 Å². The SMILES string of the molecule is CCS(=O)(=O)c1ccc([C@H](CC#N)NC(=O)c2ccc(N3C[C@@H](Oc4ccc(C(F)(F)F)cc4)C[C@H]3CCOC(F)(F)F)cc2)cc1. The first-order valence-corrected chi connectivity index (χ1v) is 16.2. The number of carbonyl (C=O) groups excluding carboxylic acids is 1. The van der Waals surface area contributed by atoms with Gasteiger partial charge >= 0.3 is 12.5 Å². The van der Waals surface area contributed by atoms with Gasteiger partial charge in [-0.15, -0.1) is 13.2 Å². The van der Waals surface area contributed by atoms with E-state index in [1.54, 1.807) is 17.0 Å². The van der Waals surface area contributed by atoms with Gasteiger partial charge in [0.15, 0.2) is 9.84 Å². The smallest absolute Gasteiger partial charge is 0.489 e. The normalized spacial score (nSPS) is 17.6. The molecule has 0 aromatic heterocycles. The molecular formula is C32H31F6N3O5S. The van der Waals surface area contributed by atoms with Crippen molar-refractivity contribution in [2.24, 2.45) is 0 Å². The van der Waals surface area contributed by atoms with Gasteiger partial charge in [0.25, 0.3) is 5.91 Å². The maximum absolute atomic E-state index is 13.1. The number of amides is 1. The molecule has 8 nitrogen and oxygen atoms in total. The minimum Gasteiger partial charge on any atom is -0.489 e. The third-order valence-corrected chi connectivity index (χ3v) is 9.41. The van der Waals surface area contributed by atoms with E-state index in [0.29, 0.717) is 11.3 Å². The number of alkyl halides is 6. The largest absolute Gasteiger partial charge is 0.522 e. The topological polar surface area (TPSA) is 109 Å². The van der Waals surface area contributed by atoms with Crippen molar-refractivity contribution in [3.8, 4) is 11.8 Å². The molecule has 3 aromatic rings. The molecule has 15 heteroatoms. The first-order valence-electron chi connectivity index (χ1n) is 14.5. The van der Waals surface area contributed by atoms with Crippen LogP contribution in [0.15, 0.2) is 77.7 Å². The summed E-state index contributed by atoms with van der Waals surface area (Å²) in [6, 6.07) is 17.1. The monoisotopic (exact) mass is 683 g/mol. The number of benzene rings is 3. The zero-order valence-corrected chi connectivity index (χ0v) is 25.8. The van der Waals surface area contributed by atoms with Crippen LogP contribution in [0.25, 0.3) is 0 Å². The van der Waals surface area contributed by atoms with Crippen molar-refractivity contribution in [3.05, 3.63) is 89.5 Å². The van der Waals surface area contributed by atoms with Crippen LogP contribution in [-0.4, -0.2) is 51.7 Å². The van der Waals surface area contributed by atoms with Gasteiger partial charge < -0.3 is 15.0 Å². The maximum atomic E-state index is 13.1. The molecule has 0 saturated carbocycles. The van der Waals surface area contributed by atoms with E-state index >= 15 is 0 Å². The van der Waals surface area contributed by atoms with Crippen molar-refractivity contribution in [2.45, 2.75) is 61.8 Å². The molecule has 252 valence electrons. The number of nitriles is 1. The van der Waals surface area contributed by atoms with Crippen LogP contribution in [0.2, 0.25) is 0 Å². The lowest BCUT2D eigenvalue weighted by Crippen LogP contribution is -2.32. The number of sulfone groups is 1. The van der Waals surface area contributed by atoms with Crippen molar-refractivity contribution in [3.63, 3.8) is 0 Å². The number of halogens is 6. The molecule has 3 aromatic carbocycles. The van der Waals surface area contributed by atoms with E-state index in [4.69, 9.17) is 4.74 Å². The van der Waals surface area contributed by atoms with Crippen LogP contribution >= 0.6 is 0 Å². The molecule has 3 atom stereocenters. The summed E-state index contributed by atoms with van der Waals surface area (Å²) in [5, 5.41) is 12.1. The van der Waals surface area contributed by atoms with Crippen molar-refractivity contribution in [1.29, 1.82) is 5.26 Å². The average Bonchev–Trinajstić information content (AvgIpc) is 3.42. The summed E-state index contributed by atoms with van der Waals surface area (Å²) in [6.45, 7) is 1.11. The van der Waals surface area contributed by atoms with Gasteiger partial charge in [0.05, 0.1) is 47.9 Å². The Morgan fingerprint density at radius 1 is 1.00 bits per heavy atom. The van der Waals surface area contributed by atoms with Crippen molar-refractivity contribution < 1.29 is 49.0 Å². The Balaban J connectivity index is 1.47. The number of ether oxygens (including phenoxy) is 2. The highest BCUT2D eigenvalue weighted by atomic mass is 32.2. The second kappa shape index (κ2) is 14.6. The summed E-state index contributed by atoms with van der Waals surface area (Å²) < 4.78 is 111. The molecular weight excluding hydrogens is 652 g/mol. The summed E-state index contributed by atoms with van der Waals surface area (Å²) in [6.07, 6.45) is -9.73. The molecule has 1 aliphatic rings. The summed E-state index contributed by atoms with van der Waals surface area (Å²) in [4.78, 5) is 15.0. The van der Waals surface area contributed by atoms with E-state index in [1.165, 1.54) is 55.5 Å². The van der Waals surface area contributed by atoms with Crippen LogP contribution in [0.1, 0.15) is 53.7 Å². The van der Waals surface area contributed by atoms with Gasteiger partial charge in [-0.2, -0.15) is 18.4 Å². The highest BCUT2D eigenvalue weighted by Crippen LogP contribution is 2.33. The molecule has 0 radical (unpaired) electrons. The van der Waals surface area contributed by atoms with Gasteiger partial charge in [-0.1, -0.05) is 19.1 Å². The Bertz CT molecular complexity index is 1660. The number of rotatable bonds is 12. The molecule has 1 amide bonds. The molecule has 1 aliphatic heterocycles. The molecule has 0 spiro atoms. The second-order valence-corrected chi connectivity index (χ2v) is 13.1. The number of nitrogens with zero attached hydrogens (tertiary/aromatic N) is 2. The summed E-state index contributed by atoms with van der Waals surface area (Å²) in [5.41, 5.74) is 0.490. The minimum atomic E-state index is -4.81. The highest BCUT2D eigenvalue weighted by molar-refractivity contribution is 7.91. The van der Waals surface area contributed by atoms with Crippen LogP contribution in [0.5, 0.6) is 5.75 Å². The van der Waals surface area contributed by atoms with Crippen LogP contribution in [-0.2, 0) is 20.8 Å². The minimum absolute atomic E-state index is 0.0250. The molecule has 47 heavy (non-hydrogen) atoms. The molecule has 0 aliphatic carbocycles. The summed E-state index contributed by atoms with van der Waals surface area (Å²) in [7, 11) is -3.43. The van der Waals surface area contributed by atoms with Gasteiger partial charge in [0.1, 0.15) is 11.9 Å². The maximum Gasteiger partial charge on any atom is 0.522 e. The van der Waals surface area contributed by atoms with Gasteiger partial charge in [-0.25, -0.2) is 8.42 Å². The Kier molecular flexibility index (Phi) is 11.1. The van der Waals surface area contributed by atoms with E-state index in [-0.39, 0.29) is 47.8 Å². The average molecular weight is 684 g/mol. The van der Waals surface area contributed by atoms with E-state index in [9.17, 15) is 44.8 Å². The second-order valence-electron chi connectivity index (χ2n) is 10.8. The molecule has 1 N–H and O–H groups in total. The Morgan fingerprint density at radius 2 is 1.64 bits per heavy atom. The lowest BCUT2D eigenvalue weighted by Gasteiger charge is -2.27. The quantitative estimate of drug-likeness (QED) is 0.209. The van der Waals surface area contributed by atoms with E-state index < -0.39 is 58.6 Å². The first-order chi connectivity index (χ1) is 22.1. The number of anilines is 1. The van der Waals surface area contributed by atoms with Crippen molar-refractivity contribution >= 4 is 21.4 Å². The molecule has 0 unspecified atom stereocenters.